The molecule has 1 aliphatic carbocycles. The molecule has 1 aliphatic heterocycles. The number of nitrogens with one attached hydrogen (secondary N) is 2. The zero-order valence-electron chi connectivity index (χ0n) is 11.4. The lowest BCUT2D eigenvalue weighted by molar-refractivity contribution is -0.125. The van der Waals surface area contributed by atoms with Gasteiger partial charge in [0.2, 0.25) is 5.91 Å². The van der Waals surface area contributed by atoms with Crippen molar-refractivity contribution in [2.45, 2.75) is 77.4 Å². The highest BCUT2D eigenvalue weighted by molar-refractivity contribution is 5.82. The van der Waals surface area contributed by atoms with Crippen molar-refractivity contribution in [3.05, 3.63) is 0 Å². The highest BCUT2D eigenvalue weighted by Gasteiger charge is 2.36. The zero-order chi connectivity index (χ0) is 12.5. The van der Waals surface area contributed by atoms with E-state index in [-0.39, 0.29) is 17.4 Å². The van der Waals surface area contributed by atoms with Gasteiger partial charge in [0.25, 0.3) is 0 Å². The van der Waals surface area contributed by atoms with Crippen LogP contribution in [0.15, 0.2) is 0 Å². The van der Waals surface area contributed by atoms with Gasteiger partial charge >= 0.3 is 0 Å². The molecule has 0 radical (unpaired) electrons. The third kappa shape index (κ3) is 3.01. The van der Waals surface area contributed by atoms with Crippen LogP contribution in [0.4, 0.5) is 0 Å². The SMILES string of the molecule is CC1CCCC(C(=O)NC2CCCC2(C)C)N1. The summed E-state index contributed by atoms with van der Waals surface area (Å²) in [5.74, 6) is 0.219. The van der Waals surface area contributed by atoms with E-state index in [1.807, 2.05) is 0 Å². The summed E-state index contributed by atoms with van der Waals surface area (Å²) in [7, 11) is 0. The molecule has 2 rings (SSSR count). The monoisotopic (exact) mass is 238 g/mol. The highest BCUT2D eigenvalue weighted by Crippen LogP contribution is 2.37. The van der Waals surface area contributed by atoms with Gasteiger partial charge in [0.15, 0.2) is 0 Å². The second-order valence-electron chi connectivity index (χ2n) is 6.49. The molecular weight excluding hydrogens is 212 g/mol. The summed E-state index contributed by atoms with van der Waals surface area (Å²) < 4.78 is 0. The molecule has 0 bridgehead atoms. The summed E-state index contributed by atoms with van der Waals surface area (Å²) in [5, 5.41) is 6.66. The van der Waals surface area contributed by atoms with Crippen LogP contribution in [0.3, 0.4) is 0 Å². The van der Waals surface area contributed by atoms with E-state index in [0.717, 1.165) is 12.8 Å². The molecule has 0 aromatic rings. The van der Waals surface area contributed by atoms with E-state index < -0.39 is 0 Å². The number of amides is 1. The van der Waals surface area contributed by atoms with Crippen molar-refractivity contribution in [3.63, 3.8) is 0 Å². The summed E-state index contributed by atoms with van der Waals surface area (Å²) >= 11 is 0. The standard InChI is InChI=1S/C14H26N2O/c1-10-6-4-7-11(15-10)13(17)16-12-8-5-9-14(12,2)3/h10-12,15H,4-9H2,1-3H3,(H,16,17). The van der Waals surface area contributed by atoms with Gasteiger partial charge in [0.1, 0.15) is 0 Å². The number of carbonyl (C=O) groups excluding carboxylic acids is 1. The third-order valence-electron chi connectivity index (χ3n) is 4.51. The lowest BCUT2D eigenvalue weighted by Gasteiger charge is -2.32. The van der Waals surface area contributed by atoms with Crippen LogP contribution in [0.2, 0.25) is 0 Å². The van der Waals surface area contributed by atoms with E-state index in [9.17, 15) is 4.79 Å². The first kappa shape index (κ1) is 12.9. The van der Waals surface area contributed by atoms with E-state index in [1.54, 1.807) is 0 Å². The maximum atomic E-state index is 12.2. The Morgan fingerprint density at radius 3 is 2.59 bits per heavy atom. The average Bonchev–Trinajstić information content (AvgIpc) is 2.58. The van der Waals surface area contributed by atoms with E-state index in [2.05, 4.69) is 31.4 Å². The molecule has 1 saturated heterocycles. The van der Waals surface area contributed by atoms with Crippen molar-refractivity contribution >= 4 is 5.91 Å². The Bertz CT molecular complexity index is 288. The molecule has 17 heavy (non-hydrogen) atoms. The Balaban J connectivity index is 1.88. The second kappa shape index (κ2) is 4.97. The largest absolute Gasteiger partial charge is 0.351 e. The van der Waals surface area contributed by atoms with E-state index in [4.69, 9.17) is 0 Å². The van der Waals surface area contributed by atoms with Crippen LogP contribution in [-0.2, 0) is 4.79 Å². The van der Waals surface area contributed by atoms with Crippen LogP contribution >= 0.6 is 0 Å². The van der Waals surface area contributed by atoms with Gasteiger partial charge < -0.3 is 10.6 Å². The molecule has 1 heterocycles. The quantitative estimate of drug-likeness (QED) is 0.774. The highest BCUT2D eigenvalue weighted by atomic mass is 16.2. The van der Waals surface area contributed by atoms with Crippen molar-refractivity contribution in [1.82, 2.24) is 10.6 Å². The van der Waals surface area contributed by atoms with Gasteiger partial charge in [-0.1, -0.05) is 20.3 Å². The summed E-state index contributed by atoms with van der Waals surface area (Å²) in [5.41, 5.74) is 0.274. The number of hydrogen-bond donors (Lipinski definition) is 2. The molecule has 3 unspecified atom stereocenters. The molecule has 3 atom stereocenters. The molecule has 2 aliphatic rings. The first-order valence-electron chi connectivity index (χ1n) is 7.05. The topological polar surface area (TPSA) is 41.1 Å². The van der Waals surface area contributed by atoms with Gasteiger partial charge in [0.05, 0.1) is 6.04 Å². The van der Waals surface area contributed by atoms with Gasteiger partial charge in [-0.2, -0.15) is 0 Å². The van der Waals surface area contributed by atoms with E-state index >= 15 is 0 Å². The number of rotatable bonds is 2. The lowest BCUT2D eigenvalue weighted by atomic mass is 9.87. The lowest BCUT2D eigenvalue weighted by Crippen LogP contribution is -2.53. The maximum Gasteiger partial charge on any atom is 0.237 e. The Morgan fingerprint density at radius 1 is 1.24 bits per heavy atom. The molecule has 0 spiro atoms. The van der Waals surface area contributed by atoms with Gasteiger partial charge in [0, 0.05) is 12.1 Å². The number of piperidine rings is 1. The van der Waals surface area contributed by atoms with Crippen molar-refractivity contribution in [3.8, 4) is 0 Å². The molecule has 1 saturated carbocycles. The normalized spacial score (nSPS) is 36.8. The molecule has 98 valence electrons. The molecule has 3 nitrogen and oxygen atoms in total. The predicted octanol–water partition coefficient (Wildman–Crippen LogP) is 2.21. The fourth-order valence-electron chi connectivity index (χ4n) is 3.21. The minimum atomic E-state index is 0.0372. The van der Waals surface area contributed by atoms with Crippen LogP contribution in [0, 0.1) is 5.41 Å². The minimum absolute atomic E-state index is 0.0372. The fourth-order valence-corrected chi connectivity index (χ4v) is 3.21. The smallest absolute Gasteiger partial charge is 0.237 e. The maximum absolute atomic E-state index is 12.2. The molecule has 1 amide bonds. The van der Waals surface area contributed by atoms with Crippen LogP contribution < -0.4 is 10.6 Å². The van der Waals surface area contributed by atoms with Gasteiger partial charge in [-0.25, -0.2) is 0 Å². The van der Waals surface area contributed by atoms with Gasteiger partial charge in [-0.3, -0.25) is 4.79 Å². The molecule has 3 heteroatoms. The third-order valence-corrected chi connectivity index (χ3v) is 4.51. The second-order valence-corrected chi connectivity index (χ2v) is 6.49. The first-order valence-corrected chi connectivity index (χ1v) is 7.05. The predicted molar refractivity (Wildman–Crippen MR) is 69.8 cm³/mol. The Labute approximate surface area is 105 Å². The van der Waals surface area contributed by atoms with Crippen molar-refractivity contribution in [1.29, 1.82) is 0 Å². The Hall–Kier alpha value is -0.570. The Kier molecular flexibility index (Phi) is 3.76. The van der Waals surface area contributed by atoms with Gasteiger partial charge in [-0.05, 0) is 44.4 Å². The van der Waals surface area contributed by atoms with Crippen LogP contribution in [-0.4, -0.2) is 24.0 Å². The molecule has 2 N–H and O–H groups in total. The van der Waals surface area contributed by atoms with E-state index in [1.165, 1.54) is 25.7 Å². The number of hydrogen-bond acceptors (Lipinski definition) is 2. The molecule has 2 fully saturated rings. The Morgan fingerprint density at radius 2 is 2.00 bits per heavy atom. The van der Waals surface area contributed by atoms with Crippen LogP contribution in [0.5, 0.6) is 0 Å². The first-order chi connectivity index (χ1) is 7.99. The number of carbonyl (C=O) groups is 1. The summed E-state index contributed by atoms with van der Waals surface area (Å²) in [4.78, 5) is 12.2. The van der Waals surface area contributed by atoms with E-state index in [0.29, 0.717) is 12.1 Å². The van der Waals surface area contributed by atoms with Crippen molar-refractivity contribution < 1.29 is 4.79 Å². The average molecular weight is 238 g/mol. The molecule has 0 aromatic heterocycles. The van der Waals surface area contributed by atoms with Crippen LogP contribution in [0.25, 0.3) is 0 Å². The zero-order valence-corrected chi connectivity index (χ0v) is 11.4. The van der Waals surface area contributed by atoms with Crippen molar-refractivity contribution in [2.75, 3.05) is 0 Å². The van der Waals surface area contributed by atoms with Gasteiger partial charge in [-0.15, -0.1) is 0 Å². The fraction of sp³-hybridized carbons (Fsp3) is 0.929. The van der Waals surface area contributed by atoms with Crippen molar-refractivity contribution in [2.24, 2.45) is 5.41 Å². The molecular formula is C14H26N2O. The summed E-state index contributed by atoms with van der Waals surface area (Å²) in [6, 6.07) is 0.889. The molecule has 0 aromatic carbocycles. The summed E-state index contributed by atoms with van der Waals surface area (Å²) in [6.45, 7) is 6.70. The van der Waals surface area contributed by atoms with Crippen LogP contribution in [0.1, 0.15) is 59.3 Å². The minimum Gasteiger partial charge on any atom is -0.351 e. The summed E-state index contributed by atoms with van der Waals surface area (Å²) in [6.07, 6.45) is 6.96.